The largest absolute Gasteiger partial charge is 0.454 e. The van der Waals surface area contributed by atoms with Crippen LogP contribution < -0.4 is 14.9 Å². The molecule has 6 nitrogen and oxygen atoms in total. The Morgan fingerprint density at radius 3 is 2.96 bits per heavy atom. The molecular weight excluding hydrogens is 306 g/mol. The van der Waals surface area contributed by atoms with Crippen molar-refractivity contribution < 1.29 is 14.3 Å². The number of nitrogens with one attached hydrogen (secondary N) is 1. The monoisotopic (exact) mass is 319 g/mol. The predicted molar refractivity (Wildman–Crippen MR) is 89.4 cm³/mol. The number of pyridine rings is 1. The maximum Gasteiger partial charge on any atom is 0.271 e. The molecule has 0 saturated heterocycles. The Balaban J connectivity index is 1.51. The van der Waals surface area contributed by atoms with Gasteiger partial charge in [0.25, 0.3) is 5.91 Å². The van der Waals surface area contributed by atoms with Crippen molar-refractivity contribution in [2.45, 2.75) is 0 Å². The van der Waals surface area contributed by atoms with Gasteiger partial charge in [0.1, 0.15) is 0 Å². The minimum Gasteiger partial charge on any atom is -0.454 e. The topological polar surface area (TPSA) is 72.8 Å². The fourth-order valence-electron chi connectivity index (χ4n) is 2.49. The summed E-state index contributed by atoms with van der Waals surface area (Å²) in [5, 5.41) is 5.04. The SMILES string of the molecule is O=C(N/N=C\c1cccc2cccnc12)c1ccc2c(c1)OCO2. The van der Waals surface area contributed by atoms with Crippen LogP contribution in [0.1, 0.15) is 15.9 Å². The number of fused-ring (bicyclic) bond motifs is 2. The number of carbonyl (C=O) groups excluding carboxylic acids is 1. The highest BCUT2D eigenvalue weighted by molar-refractivity contribution is 5.99. The lowest BCUT2D eigenvalue weighted by Gasteiger charge is -2.02. The molecule has 118 valence electrons. The highest BCUT2D eigenvalue weighted by atomic mass is 16.7. The Morgan fingerprint density at radius 2 is 2.00 bits per heavy atom. The summed E-state index contributed by atoms with van der Waals surface area (Å²) in [6, 6.07) is 14.6. The van der Waals surface area contributed by atoms with E-state index in [2.05, 4.69) is 15.5 Å². The molecule has 1 aromatic heterocycles. The van der Waals surface area contributed by atoms with E-state index in [9.17, 15) is 4.79 Å². The Morgan fingerprint density at radius 1 is 1.12 bits per heavy atom. The van der Waals surface area contributed by atoms with Gasteiger partial charge in [-0.2, -0.15) is 5.10 Å². The van der Waals surface area contributed by atoms with Gasteiger partial charge >= 0.3 is 0 Å². The van der Waals surface area contributed by atoms with E-state index in [1.54, 1.807) is 30.6 Å². The van der Waals surface area contributed by atoms with Crippen molar-refractivity contribution in [2.75, 3.05) is 6.79 Å². The lowest BCUT2D eigenvalue weighted by Crippen LogP contribution is -2.17. The van der Waals surface area contributed by atoms with Crippen molar-refractivity contribution >= 4 is 23.0 Å². The predicted octanol–water partition coefficient (Wildman–Crippen LogP) is 2.73. The van der Waals surface area contributed by atoms with Gasteiger partial charge in [-0.15, -0.1) is 0 Å². The first-order valence-electron chi connectivity index (χ1n) is 7.38. The molecule has 1 amide bonds. The number of rotatable bonds is 3. The maximum absolute atomic E-state index is 12.2. The lowest BCUT2D eigenvalue weighted by atomic mass is 10.1. The van der Waals surface area contributed by atoms with Crippen LogP contribution in [0.15, 0.2) is 59.8 Å². The number of hydrazone groups is 1. The van der Waals surface area contributed by atoms with E-state index in [-0.39, 0.29) is 12.7 Å². The molecule has 0 fully saturated rings. The molecule has 6 heteroatoms. The number of benzene rings is 2. The van der Waals surface area contributed by atoms with Gasteiger partial charge in [-0.1, -0.05) is 24.3 Å². The second-order valence-corrected chi connectivity index (χ2v) is 5.19. The second-order valence-electron chi connectivity index (χ2n) is 5.19. The minimum atomic E-state index is -0.322. The molecule has 0 atom stereocenters. The fourth-order valence-corrected chi connectivity index (χ4v) is 2.49. The summed E-state index contributed by atoms with van der Waals surface area (Å²) >= 11 is 0. The van der Waals surface area contributed by atoms with Gasteiger partial charge in [0, 0.05) is 22.7 Å². The molecule has 3 aromatic rings. The van der Waals surface area contributed by atoms with Gasteiger partial charge in [0.2, 0.25) is 6.79 Å². The highest BCUT2D eigenvalue weighted by Crippen LogP contribution is 2.32. The molecular formula is C18H13N3O3. The zero-order valence-corrected chi connectivity index (χ0v) is 12.6. The van der Waals surface area contributed by atoms with E-state index in [0.717, 1.165) is 16.5 Å². The summed E-state index contributed by atoms with van der Waals surface area (Å²) < 4.78 is 10.5. The highest BCUT2D eigenvalue weighted by Gasteiger charge is 2.15. The van der Waals surface area contributed by atoms with Gasteiger partial charge in [-0.3, -0.25) is 9.78 Å². The van der Waals surface area contributed by atoms with Crippen molar-refractivity contribution in [1.29, 1.82) is 0 Å². The molecule has 1 N–H and O–H groups in total. The van der Waals surface area contributed by atoms with Crippen LogP contribution in [0.3, 0.4) is 0 Å². The van der Waals surface area contributed by atoms with Crippen LogP contribution in [0.5, 0.6) is 11.5 Å². The third kappa shape index (κ3) is 2.65. The Kier molecular flexibility index (Phi) is 3.55. The molecule has 0 radical (unpaired) electrons. The molecule has 0 saturated carbocycles. The number of hydrogen-bond acceptors (Lipinski definition) is 5. The first kappa shape index (κ1) is 14.2. The lowest BCUT2D eigenvalue weighted by molar-refractivity contribution is 0.0954. The molecule has 0 aliphatic carbocycles. The van der Waals surface area contributed by atoms with Crippen molar-refractivity contribution in [2.24, 2.45) is 5.10 Å². The normalized spacial score (nSPS) is 12.7. The summed E-state index contributed by atoms with van der Waals surface area (Å²) in [6.45, 7) is 0.173. The van der Waals surface area contributed by atoms with Crippen molar-refractivity contribution in [3.8, 4) is 11.5 Å². The number of carbonyl (C=O) groups is 1. The van der Waals surface area contributed by atoms with Crippen molar-refractivity contribution in [3.63, 3.8) is 0 Å². The molecule has 2 heterocycles. The molecule has 0 spiro atoms. The quantitative estimate of drug-likeness (QED) is 0.595. The molecule has 0 unspecified atom stereocenters. The third-order valence-electron chi connectivity index (χ3n) is 3.67. The van der Waals surface area contributed by atoms with Gasteiger partial charge in [-0.25, -0.2) is 5.43 Å². The van der Waals surface area contributed by atoms with Crippen LogP contribution in [-0.4, -0.2) is 23.9 Å². The van der Waals surface area contributed by atoms with E-state index in [4.69, 9.17) is 9.47 Å². The molecule has 24 heavy (non-hydrogen) atoms. The summed E-state index contributed by atoms with van der Waals surface area (Å²) in [7, 11) is 0. The second kappa shape index (κ2) is 6.00. The molecule has 4 rings (SSSR count). The zero-order chi connectivity index (χ0) is 16.4. The first-order chi connectivity index (χ1) is 11.8. The Hall–Kier alpha value is -3.41. The maximum atomic E-state index is 12.2. The summed E-state index contributed by atoms with van der Waals surface area (Å²) in [5.41, 5.74) is 4.63. The third-order valence-corrected chi connectivity index (χ3v) is 3.67. The number of aromatic nitrogens is 1. The van der Waals surface area contributed by atoms with E-state index < -0.39 is 0 Å². The number of ether oxygens (including phenoxy) is 2. The summed E-state index contributed by atoms with van der Waals surface area (Å²) in [5.74, 6) is 0.875. The van der Waals surface area contributed by atoms with Crippen LogP contribution in [0.25, 0.3) is 10.9 Å². The molecule has 1 aliphatic rings. The summed E-state index contributed by atoms with van der Waals surface area (Å²) in [4.78, 5) is 16.5. The van der Waals surface area contributed by atoms with Gasteiger partial charge < -0.3 is 9.47 Å². The molecule has 0 bridgehead atoms. The number of para-hydroxylation sites is 1. The Bertz CT molecular complexity index is 948. The average Bonchev–Trinajstić information content (AvgIpc) is 3.09. The number of amides is 1. The van der Waals surface area contributed by atoms with Gasteiger partial charge in [-0.05, 0) is 24.3 Å². The number of nitrogens with zero attached hydrogens (tertiary/aromatic N) is 2. The molecule has 1 aliphatic heterocycles. The zero-order valence-electron chi connectivity index (χ0n) is 12.6. The van der Waals surface area contributed by atoms with Crippen LogP contribution in [-0.2, 0) is 0 Å². The van der Waals surface area contributed by atoms with E-state index >= 15 is 0 Å². The van der Waals surface area contributed by atoms with Crippen LogP contribution in [0, 0.1) is 0 Å². The summed E-state index contributed by atoms with van der Waals surface area (Å²) in [6.07, 6.45) is 3.31. The minimum absolute atomic E-state index is 0.173. The van der Waals surface area contributed by atoms with Crippen LogP contribution in [0.2, 0.25) is 0 Å². The van der Waals surface area contributed by atoms with Crippen LogP contribution in [0.4, 0.5) is 0 Å². The van der Waals surface area contributed by atoms with Crippen molar-refractivity contribution in [1.82, 2.24) is 10.4 Å². The number of hydrogen-bond donors (Lipinski definition) is 1. The van der Waals surface area contributed by atoms with Gasteiger partial charge in [0.15, 0.2) is 11.5 Å². The smallest absolute Gasteiger partial charge is 0.271 e. The fraction of sp³-hybridized carbons (Fsp3) is 0.0556. The molecule has 2 aromatic carbocycles. The van der Waals surface area contributed by atoms with E-state index in [1.807, 2.05) is 30.3 Å². The van der Waals surface area contributed by atoms with Crippen LogP contribution >= 0.6 is 0 Å². The van der Waals surface area contributed by atoms with E-state index in [0.29, 0.717) is 17.1 Å². The van der Waals surface area contributed by atoms with Crippen molar-refractivity contribution in [3.05, 3.63) is 65.9 Å². The average molecular weight is 319 g/mol. The standard InChI is InChI=1S/C18H13N3O3/c22-18(13-6-7-15-16(9-13)24-11-23-15)21-20-10-14-4-1-3-12-5-2-8-19-17(12)14/h1-10H,11H2,(H,21,22)/b20-10-. The Labute approximate surface area is 137 Å². The first-order valence-corrected chi connectivity index (χ1v) is 7.38. The van der Waals surface area contributed by atoms with Gasteiger partial charge in [0.05, 0.1) is 11.7 Å². The van der Waals surface area contributed by atoms with E-state index in [1.165, 1.54) is 0 Å².